The fourth-order valence-electron chi connectivity index (χ4n) is 2.67. The molecule has 1 aromatic carbocycles. The summed E-state index contributed by atoms with van der Waals surface area (Å²) < 4.78 is 9.63. The van der Waals surface area contributed by atoms with E-state index in [0.29, 0.717) is 23.4 Å². The summed E-state index contributed by atoms with van der Waals surface area (Å²) in [4.78, 5) is 29.6. The molecule has 1 aliphatic heterocycles. The molecule has 0 spiro atoms. The highest BCUT2D eigenvalue weighted by molar-refractivity contribution is 5.76. The Morgan fingerprint density at radius 1 is 1.42 bits per heavy atom. The lowest BCUT2D eigenvalue weighted by molar-refractivity contribution is -0.142. The largest absolute Gasteiger partial charge is 0.497 e. The molecule has 7 nitrogen and oxygen atoms in total. The summed E-state index contributed by atoms with van der Waals surface area (Å²) in [5.74, 6) is 0.571. The SMILES string of the molecule is C=CCCc1nc2ccc(OC)cc2[nH]c1=O.COC(=O)[C@@H]1CCCN1. The van der Waals surface area contributed by atoms with Crippen molar-refractivity contribution in [3.05, 3.63) is 46.9 Å². The van der Waals surface area contributed by atoms with Gasteiger partial charge in [-0.25, -0.2) is 4.98 Å². The van der Waals surface area contributed by atoms with Gasteiger partial charge in [-0.3, -0.25) is 9.59 Å². The minimum absolute atomic E-state index is 0.0324. The van der Waals surface area contributed by atoms with Crippen LogP contribution in [0.25, 0.3) is 11.0 Å². The van der Waals surface area contributed by atoms with Crippen molar-refractivity contribution in [1.29, 1.82) is 0 Å². The van der Waals surface area contributed by atoms with Crippen LogP contribution in [0.1, 0.15) is 25.0 Å². The Balaban J connectivity index is 0.000000228. The van der Waals surface area contributed by atoms with E-state index in [-0.39, 0.29) is 17.6 Å². The predicted molar refractivity (Wildman–Crippen MR) is 100 cm³/mol. The molecule has 0 aliphatic carbocycles. The van der Waals surface area contributed by atoms with Gasteiger partial charge in [-0.15, -0.1) is 6.58 Å². The van der Waals surface area contributed by atoms with Crippen LogP contribution >= 0.6 is 0 Å². The molecule has 2 N–H and O–H groups in total. The van der Waals surface area contributed by atoms with Crippen LogP contribution < -0.4 is 15.6 Å². The van der Waals surface area contributed by atoms with Gasteiger partial charge in [0.1, 0.15) is 17.5 Å². The van der Waals surface area contributed by atoms with Gasteiger partial charge in [-0.1, -0.05) is 6.08 Å². The van der Waals surface area contributed by atoms with E-state index in [4.69, 9.17) is 4.74 Å². The molecule has 2 heterocycles. The number of esters is 1. The third kappa shape index (κ3) is 5.16. The summed E-state index contributed by atoms with van der Waals surface area (Å²) in [5, 5.41) is 3.03. The Labute approximate surface area is 152 Å². The maximum Gasteiger partial charge on any atom is 0.322 e. The number of hydrogen-bond acceptors (Lipinski definition) is 6. The average Bonchev–Trinajstić information content (AvgIpc) is 3.20. The Hall–Kier alpha value is -2.67. The lowest BCUT2D eigenvalue weighted by Gasteiger charge is -2.04. The van der Waals surface area contributed by atoms with Crippen LogP contribution in [0.15, 0.2) is 35.6 Å². The monoisotopic (exact) mass is 359 g/mol. The van der Waals surface area contributed by atoms with Crippen molar-refractivity contribution in [3.8, 4) is 5.75 Å². The molecule has 7 heteroatoms. The zero-order valence-electron chi connectivity index (χ0n) is 15.2. The molecule has 1 aromatic heterocycles. The normalized spacial score (nSPS) is 15.8. The fraction of sp³-hybridized carbons (Fsp3) is 0.421. The number of nitrogens with one attached hydrogen (secondary N) is 2. The van der Waals surface area contributed by atoms with E-state index >= 15 is 0 Å². The molecule has 2 aromatic rings. The smallest absolute Gasteiger partial charge is 0.322 e. The first-order valence-corrected chi connectivity index (χ1v) is 8.58. The van der Waals surface area contributed by atoms with Gasteiger partial charge in [0.25, 0.3) is 5.56 Å². The number of fused-ring (bicyclic) bond motifs is 1. The molecule has 1 fully saturated rings. The highest BCUT2D eigenvalue weighted by atomic mass is 16.5. The van der Waals surface area contributed by atoms with Crippen molar-refractivity contribution >= 4 is 17.0 Å². The summed E-state index contributed by atoms with van der Waals surface area (Å²) in [6, 6.07) is 5.39. The molecule has 0 radical (unpaired) electrons. The second-order valence-electron chi connectivity index (χ2n) is 5.90. The zero-order valence-corrected chi connectivity index (χ0v) is 15.2. The maximum atomic E-state index is 11.7. The van der Waals surface area contributed by atoms with Gasteiger partial charge in [-0.05, 0) is 44.4 Å². The number of aryl methyl sites for hydroxylation is 1. The molecule has 0 saturated carbocycles. The summed E-state index contributed by atoms with van der Waals surface area (Å²) in [5.41, 5.74) is 1.86. The molecule has 0 amide bonds. The summed E-state index contributed by atoms with van der Waals surface area (Å²) in [6.45, 7) is 4.58. The number of aromatic nitrogens is 2. The zero-order chi connectivity index (χ0) is 18.9. The van der Waals surface area contributed by atoms with Crippen LogP contribution in [-0.4, -0.2) is 42.7 Å². The summed E-state index contributed by atoms with van der Waals surface area (Å²) >= 11 is 0. The molecule has 1 saturated heterocycles. The Bertz CT molecular complexity index is 810. The Kier molecular flexibility index (Phi) is 7.35. The number of benzene rings is 1. The van der Waals surface area contributed by atoms with E-state index < -0.39 is 0 Å². The van der Waals surface area contributed by atoms with Crippen molar-refractivity contribution < 1.29 is 14.3 Å². The van der Waals surface area contributed by atoms with Crippen molar-refractivity contribution in [3.63, 3.8) is 0 Å². The van der Waals surface area contributed by atoms with Crippen LogP contribution in [0.5, 0.6) is 5.75 Å². The summed E-state index contributed by atoms with van der Waals surface area (Å²) in [6.07, 6.45) is 5.14. The highest BCUT2D eigenvalue weighted by Gasteiger charge is 2.21. The number of allylic oxidation sites excluding steroid dienone is 1. The van der Waals surface area contributed by atoms with Gasteiger partial charge in [0.05, 0.1) is 25.3 Å². The second-order valence-corrected chi connectivity index (χ2v) is 5.90. The second kappa shape index (κ2) is 9.72. The number of nitrogens with zero attached hydrogens (tertiary/aromatic N) is 1. The molecule has 0 unspecified atom stereocenters. The number of carbonyl (C=O) groups is 1. The van der Waals surface area contributed by atoms with Crippen molar-refractivity contribution in [2.75, 3.05) is 20.8 Å². The number of ether oxygens (including phenoxy) is 2. The maximum absolute atomic E-state index is 11.7. The number of H-pyrrole nitrogens is 1. The third-order valence-corrected chi connectivity index (χ3v) is 4.10. The minimum Gasteiger partial charge on any atom is -0.497 e. The van der Waals surface area contributed by atoms with Crippen molar-refractivity contribution in [2.24, 2.45) is 0 Å². The molecule has 140 valence electrons. The molecule has 0 bridgehead atoms. The van der Waals surface area contributed by atoms with Crippen LogP contribution in [-0.2, 0) is 16.0 Å². The average molecular weight is 359 g/mol. The number of carbonyl (C=O) groups excluding carboxylic acids is 1. The number of rotatable bonds is 5. The fourth-order valence-corrected chi connectivity index (χ4v) is 2.67. The lowest BCUT2D eigenvalue weighted by atomic mass is 10.2. The molecule has 1 atom stereocenters. The Morgan fingerprint density at radius 3 is 2.85 bits per heavy atom. The highest BCUT2D eigenvalue weighted by Crippen LogP contribution is 2.16. The molecular weight excluding hydrogens is 334 g/mol. The van der Waals surface area contributed by atoms with Crippen molar-refractivity contribution in [2.45, 2.75) is 31.7 Å². The summed E-state index contributed by atoms with van der Waals surface area (Å²) in [7, 11) is 3.01. The van der Waals surface area contributed by atoms with Gasteiger partial charge < -0.3 is 19.8 Å². The van der Waals surface area contributed by atoms with Crippen molar-refractivity contribution in [1.82, 2.24) is 15.3 Å². The van der Waals surface area contributed by atoms with Gasteiger partial charge >= 0.3 is 5.97 Å². The van der Waals surface area contributed by atoms with Crippen LogP contribution in [0, 0.1) is 0 Å². The van der Waals surface area contributed by atoms with Crippen LogP contribution in [0.4, 0.5) is 0 Å². The van der Waals surface area contributed by atoms with Gasteiger partial charge in [0, 0.05) is 6.07 Å². The molecule has 3 rings (SSSR count). The predicted octanol–water partition coefficient (Wildman–Crippen LogP) is 1.96. The van der Waals surface area contributed by atoms with Crippen LogP contribution in [0.3, 0.4) is 0 Å². The van der Waals surface area contributed by atoms with E-state index in [1.807, 2.05) is 12.1 Å². The number of methoxy groups -OCH3 is 2. The molecule has 1 aliphatic rings. The first kappa shape index (κ1) is 19.7. The first-order valence-electron chi connectivity index (χ1n) is 8.58. The van der Waals surface area contributed by atoms with Gasteiger partial charge in [0.15, 0.2) is 0 Å². The van der Waals surface area contributed by atoms with Gasteiger partial charge in [0.2, 0.25) is 0 Å². The van der Waals surface area contributed by atoms with E-state index in [9.17, 15) is 9.59 Å². The van der Waals surface area contributed by atoms with E-state index in [2.05, 4.69) is 26.6 Å². The molecule has 26 heavy (non-hydrogen) atoms. The lowest BCUT2D eigenvalue weighted by Crippen LogP contribution is -2.31. The number of aromatic amines is 1. The first-order chi connectivity index (χ1) is 12.6. The number of hydrogen-bond donors (Lipinski definition) is 2. The van der Waals surface area contributed by atoms with Crippen LogP contribution in [0.2, 0.25) is 0 Å². The standard InChI is InChI=1S/C13H14N2O2.C6H11NO2/c1-3-4-5-11-13(16)15-12-8-9(17-2)6-7-10(12)14-11;1-9-6(8)5-3-2-4-7-5/h3,6-8H,1,4-5H2,2H3,(H,15,16);5,7H,2-4H2,1H3/t;5-/m.0/s1. The molecular formula is C19H25N3O4. The van der Waals surface area contributed by atoms with E-state index in [1.165, 1.54) is 7.11 Å². The Morgan fingerprint density at radius 2 is 2.23 bits per heavy atom. The van der Waals surface area contributed by atoms with Gasteiger partial charge in [-0.2, -0.15) is 0 Å². The third-order valence-electron chi connectivity index (χ3n) is 4.10. The van der Waals surface area contributed by atoms with E-state index in [0.717, 1.165) is 31.3 Å². The quantitative estimate of drug-likeness (QED) is 0.626. The topological polar surface area (TPSA) is 93.3 Å². The minimum atomic E-state index is -0.146. The van der Waals surface area contributed by atoms with E-state index in [1.54, 1.807) is 19.3 Å².